The summed E-state index contributed by atoms with van der Waals surface area (Å²) in [6.45, 7) is 3.51. The van der Waals surface area contributed by atoms with Crippen molar-refractivity contribution < 1.29 is 50.0 Å². The molecular weight excluding hydrogens is 931 g/mol. The van der Waals surface area contributed by atoms with E-state index in [2.05, 4.69) is 19.2 Å². The summed E-state index contributed by atoms with van der Waals surface area (Å²) >= 11 is 0. The molecule has 9 unspecified atom stereocenters. The molecule has 0 saturated carbocycles. The fraction of sp³-hybridized carbons (Fsp3) is 0.984. The van der Waals surface area contributed by atoms with Crippen LogP contribution in [0.3, 0.4) is 0 Å². The summed E-state index contributed by atoms with van der Waals surface area (Å²) < 4.78 is 11.2. The number of unbranched alkanes of at least 4 members (excludes halogenated alkanes) is 45. The van der Waals surface area contributed by atoms with Crippen molar-refractivity contribution in [3.8, 4) is 0 Å². The lowest BCUT2D eigenvalue weighted by Crippen LogP contribution is -2.60. The number of amides is 1. The Morgan fingerprint density at radius 1 is 0.419 bits per heavy atom. The summed E-state index contributed by atoms with van der Waals surface area (Å²) in [4.78, 5) is 13.2. The second-order valence-corrected chi connectivity index (χ2v) is 23.2. The number of nitrogens with one attached hydrogen (secondary N) is 1. The van der Waals surface area contributed by atoms with Gasteiger partial charge >= 0.3 is 0 Å². The average molecular weight is 1060 g/mol. The van der Waals surface area contributed by atoms with Crippen molar-refractivity contribution in [2.75, 3.05) is 13.2 Å². The Kier molecular flexibility index (Phi) is 50.7. The second kappa shape index (κ2) is 52.8. The third kappa shape index (κ3) is 40.3. The molecule has 0 aromatic carbocycles. The number of aliphatic hydroxyl groups excluding tert-OH is 7. The normalized spacial score (nSPS) is 19.7. The lowest BCUT2D eigenvalue weighted by molar-refractivity contribution is -0.303. The van der Waals surface area contributed by atoms with E-state index in [0.717, 1.165) is 38.5 Å². The number of hydrogen-bond acceptors (Lipinski definition) is 10. The summed E-state index contributed by atoms with van der Waals surface area (Å²) in [5.74, 6) is -0.688. The van der Waals surface area contributed by atoms with Gasteiger partial charge in [0.25, 0.3) is 0 Å². The zero-order valence-electron chi connectivity index (χ0n) is 48.6. The van der Waals surface area contributed by atoms with Gasteiger partial charge in [0, 0.05) is 0 Å². The molecule has 74 heavy (non-hydrogen) atoms. The first-order valence-corrected chi connectivity index (χ1v) is 32.4. The molecular formula is C63H125NO10. The third-order valence-corrected chi connectivity index (χ3v) is 16.2. The summed E-state index contributed by atoms with van der Waals surface area (Å²) in [6.07, 6.45) is 50.3. The smallest absolute Gasteiger partial charge is 0.249 e. The molecule has 442 valence electrons. The topological polar surface area (TPSA) is 189 Å². The van der Waals surface area contributed by atoms with Crippen LogP contribution in [0.25, 0.3) is 0 Å². The van der Waals surface area contributed by atoms with Gasteiger partial charge < -0.3 is 50.5 Å². The van der Waals surface area contributed by atoms with Gasteiger partial charge in [-0.2, -0.15) is 0 Å². The van der Waals surface area contributed by atoms with E-state index in [0.29, 0.717) is 19.3 Å². The predicted molar refractivity (Wildman–Crippen MR) is 307 cm³/mol. The van der Waals surface area contributed by atoms with Crippen molar-refractivity contribution in [3.63, 3.8) is 0 Å². The summed E-state index contributed by atoms with van der Waals surface area (Å²) in [6, 6.07) is -1.16. The largest absolute Gasteiger partial charge is 0.394 e. The van der Waals surface area contributed by atoms with Crippen molar-refractivity contribution in [2.45, 2.75) is 384 Å². The van der Waals surface area contributed by atoms with E-state index in [-0.39, 0.29) is 6.42 Å². The molecule has 1 aliphatic heterocycles. The second-order valence-electron chi connectivity index (χ2n) is 23.2. The zero-order chi connectivity index (χ0) is 54.0. The molecule has 0 aromatic rings. The molecule has 0 aromatic heterocycles. The molecule has 1 aliphatic rings. The van der Waals surface area contributed by atoms with Gasteiger partial charge in [0.1, 0.15) is 36.6 Å². The van der Waals surface area contributed by atoms with Crippen LogP contribution in [-0.2, 0) is 14.3 Å². The molecule has 0 bridgehead atoms. The van der Waals surface area contributed by atoms with Crippen LogP contribution < -0.4 is 5.32 Å². The molecule has 8 N–H and O–H groups in total. The number of carbonyl (C=O) groups excluding carboxylic acids is 1. The Labute approximate surface area is 456 Å². The van der Waals surface area contributed by atoms with Crippen LogP contribution in [0.15, 0.2) is 0 Å². The van der Waals surface area contributed by atoms with Crippen molar-refractivity contribution >= 4 is 5.91 Å². The van der Waals surface area contributed by atoms with Gasteiger partial charge in [-0.15, -0.1) is 0 Å². The van der Waals surface area contributed by atoms with Crippen molar-refractivity contribution in [1.29, 1.82) is 0 Å². The molecule has 1 fully saturated rings. The van der Waals surface area contributed by atoms with Gasteiger partial charge in [-0.25, -0.2) is 0 Å². The fourth-order valence-corrected chi connectivity index (χ4v) is 10.9. The van der Waals surface area contributed by atoms with E-state index in [1.165, 1.54) is 250 Å². The monoisotopic (exact) mass is 1060 g/mol. The quantitative estimate of drug-likeness (QED) is 0.0272. The Morgan fingerprint density at radius 2 is 0.703 bits per heavy atom. The molecule has 1 heterocycles. The first-order chi connectivity index (χ1) is 36.2. The fourth-order valence-electron chi connectivity index (χ4n) is 10.9. The van der Waals surface area contributed by atoms with E-state index in [1.54, 1.807) is 0 Å². The minimum atomic E-state index is -1.66. The Hall–Kier alpha value is -0.890. The van der Waals surface area contributed by atoms with Gasteiger partial charge in [-0.1, -0.05) is 316 Å². The minimum absolute atomic E-state index is 0.267. The standard InChI is InChI=1S/C63H125NO10/c1-3-5-7-9-11-13-15-17-19-21-23-24-25-26-27-28-29-30-31-33-34-36-38-40-42-44-46-48-50-55(66)58(68)54(53-73-63-61(71)60(70)59(69)57(52-65)74-63)64-62(72)56(67)51-49-47-45-43-41-39-37-35-32-22-20-18-16-14-12-10-8-6-4-2/h54-61,63,65-71H,3-53H2,1-2H3,(H,64,72). The van der Waals surface area contributed by atoms with Crippen LogP contribution >= 0.6 is 0 Å². The highest BCUT2D eigenvalue weighted by Crippen LogP contribution is 2.24. The maximum Gasteiger partial charge on any atom is 0.249 e. The van der Waals surface area contributed by atoms with Crippen LogP contribution in [0.5, 0.6) is 0 Å². The molecule has 0 radical (unpaired) electrons. The molecule has 9 atom stereocenters. The van der Waals surface area contributed by atoms with Crippen molar-refractivity contribution in [3.05, 3.63) is 0 Å². The molecule has 11 heteroatoms. The lowest BCUT2D eigenvalue weighted by Gasteiger charge is -2.40. The van der Waals surface area contributed by atoms with Gasteiger partial charge in [-0.05, 0) is 12.8 Å². The number of carbonyl (C=O) groups is 1. The van der Waals surface area contributed by atoms with Gasteiger partial charge in [0.2, 0.25) is 5.91 Å². The van der Waals surface area contributed by atoms with Gasteiger partial charge in [0.15, 0.2) is 6.29 Å². The lowest BCUT2D eigenvalue weighted by atomic mass is 9.98. The number of rotatable bonds is 57. The Bertz CT molecular complexity index is 1160. The number of aliphatic hydroxyl groups is 7. The SMILES string of the molecule is CCCCCCCCCCCCCCCCCCCCCCCCCCCCCCC(O)C(O)C(COC1OC(CO)C(O)C(O)C1O)NC(=O)C(O)CCCCCCCCCCCCCCCCCCCCC. The first kappa shape index (κ1) is 71.1. The maximum absolute atomic E-state index is 13.2. The van der Waals surface area contributed by atoms with Crippen LogP contribution in [0, 0.1) is 0 Å². The summed E-state index contributed by atoms with van der Waals surface area (Å²) in [5.41, 5.74) is 0. The van der Waals surface area contributed by atoms with Crippen LogP contribution in [0.1, 0.15) is 328 Å². The molecule has 1 amide bonds. The van der Waals surface area contributed by atoms with Crippen molar-refractivity contribution in [1.82, 2.24) is 5.32 Å². The van der Waals surface area contributed by atoms with Crippen molar-refractivity contribution in [2.24, 2.45) is 0 Å². The third-order valence-electron chi connectivity index (χ3n) is 16.2. The molecule has 1 saturated heterocycles. The van der Waals surface area contributed by atoms with E-state index in [4.69, 9.17) is 9.47 Å². The Morgan fingerprint density at radius 3 is 1.00 bits per heavy atom. The first-order valence-electron chi connectivity index (χ1n) is 32.4. The molecule has 1 rings (SSSR count). The van der Waals surface area contributed by atoms with Crippen LogP contribution in [0.4, 0.5) is 0 Å². The highest BCUT2D eigenvalue weighted by Gasteiger charge is 2.44. The maximum atomic E-state index is 13.2. The highest BCUT2D eigenvalue weighted by atomic mass is 16.7. The zero-order valence-corrected chi connectivity index (χ0v) is 48.6. The highest BCUT2D eigenvalue weighted by molar-refractivity contribution is 5.80. The van der Waals surface area contributed by atoms with E-state index >= 15 is 0 Å². The van der Waals surface area contributed by atoms with E-state index in [1.807, 2.05) is 0 Å². The number of ether oxygens (including phenoxy) is 2. The van der Waals surface area contributed by atoms with Gasteiger partial charge in [-0.3, -0.25) is 4.79 Å². The molecule has 0 spiro atoms. The molecule has 11 nitrogen and oxygen atoms in total. The molecule has 0 aliphatic carbocycles. The van der Waals surface area contributed by atoms with Crippen LogP contribution in [0.2, 0.25) is 0 Å². The van der Waals surface area contributed by atoms with E-state index in [9.17, 15) is 40.5 Å². The summed E-state index contributed by atoms with van der Waals surface area (Å²) in [7, 11) is 0. The predicted octanol–water partition coefficient (Wildman–Crippen LogP) is 14.5. The van der Waals surface area contributed by atoms with Crippen LogP contribution in [-0.4, -0.2) is 110 Å². The number of hydrogen-bond donors (Lipinski definition) is 8. The minimum Gasteiger partial charge on any atom is -0.394 e. The summed E-state index contributed by atoms with van der Waals surface area (Å²) in [5, 5.41) is 76.4. The average Bonchev–Trinajstić information content (AvgIpc) is 3.40. The van der Waals surface area contributed by atoms with E-state index < -0.39 is 74.2 Å². The van der Waals surface area contributed by atoms with Gasteiger partial charge in [0.05, 0.1) is 25.4 Å². The Balaban J connectivity index is 2.22.